The average molecular weight is 376 g/mol. The van der Waals surface area contributed by atoms with Crippen LogP contribution in [0.5, 0.6) is 0 Å². The van der Waals surface area contributed by atoms with Gasteiger partial charge in [-0.05, 0) is 12.8 Å². The summed E-state index contributed by atoms with van der Waals surface area (Å²) in [5.41, 5.74) is 0.00569. The van der Waals surface area contributed by atoms with Gasteiger partial charge in [0.05, 0.1) is 16.9 Å². The molecule has 10 heteroatoms. The Morgan fingerprint density at radius 1 is 1.44 bits per heavy atom. The van der Waals surface area contributed by atoms with Crippen LogP contribution in [0.15, 0.2) is 12.4 Å². The Hall–Kier alpha value is -2.03. The second kappa shape index (κ2) is 6.36. The van der Waals surface area contributed by atoms with Gasteiger partial charge >= 0.3 is 6.18 Å². The molecule has 0 radical (unpaired) electrons. The van der Waals surface area contributed by atoms with Gasteiger partial charge in [-0.1, -0.05) is 11.6 Å². The molecule has 2 aromatic rings. The second-order valence-electron chi connectivity index (χ2n) is 6.25. The first-order valence-electron chi connectivity index (χ1n) is 7.71. The number of hydrogen-bond acceptors (Lipinski definition) is 3. The second-order valence-corrected chi connectivity index (χ2v) is 6.63. The molecular formula is C15H17ClF3N5O. The van der Waals surface area contributed by atoms with Crippen LogP contribution in [0.2, 0.25) is 5.02 Å². The highest BCUT2D eigenvalue weighted by Crippen LogP contribution is 2.46. The van der Waals surface area contributed by atoms with E-state index in [0.29, 0.717) is 12.2 Å². The van der Waals surface area contributed by atoms with Gasteiger partial charge in [0, 0.05) is 38.3 Å². The summed E-state index contributed by atoms with van der Waals surface area (Å²) in [6.45, 7) is 0.0327. The van der Waals surface area contributed by atoms with E-state index in [9.17, 15) is 18.0 Å². The summed E-state index contributed by atoms with van der Waals surface area (Å²) in [5.74, 6) is -0.411. The molecule has 0 N–H and O–H groups in total. The summed E-state index contributed by atoms with van der Waals surface area (Å²) in [5, 5.41) is 7.20. The maximum atomic E-state index is 13.0. The molecule has 0 aliphatic heterocycles. The molecule has 1 fully saturated rings. The van der Waals surface area contributed by atoms with Gasteiger partial charge in [-0.2, -0.15) is 23.4 Å². The molecule has 136 valence electrons. The lowest BCUT2D eigenvalue weighted by Crippen LogP contribution is -2.30. The quantitative estimate of drug-likeness (QED) is 0.807. The van der Waals surface area contributed by atoms with Crippen LogP contribution in [0, 0.1) is 0 Å². The molecular weight excluding hydrogens is 359 g/mol. The summed E-state index contributed by atoms with van der Waals surface area (Å²) < 4.78 is 41.9. The van der Waals surface area contributed by atoms with Gasteiger partial charge in [0.15, 0.2) is 5.69 Å². The molecule has 0 aromatic carbocycles. The number of aromatic nitrogens is 4. The Bertz CT molecular complexity index is 794. The minimum Gasteiger partial charge on any atom is -0.340 e. The number of halogens is 4. The predicted octanol–water partition coefficient (Wildman–Crippen LogP) is 2.82. The van der Waals surface area contributed by atoms with Crippen LogP contribution in [0.25, 0.3) is 0 Å². The van der Waals surface area contributed by atoms with Crippen LogP contribution >= 0.6 is 11.6 Å². The Labute approximate surface area is 147 Å². The van der Waals surface area contributed by atoms with Crippen LogP contribution in [0.3, 0.4) is 0 Å². The van der Waals surface area contributed by atoms with E-state index in [1.54, 1.807) is 31.2 Å². The topological polar surface area (TPSA) is 56.0 Å². The van der Waals surface area contributed by atoms with Crippen LogP contribution in [0.4, 0.5) is 13.2 Å². The van der Waals surface area contributed by atoms with E-state index in [0.717, 1.165) is 23.1 Å². The number of carbonyl (C=O) groups is 1. The van der Waals surface area contributed by atoms with Gasteiger partial charge in [-0.25, -0.2) is 0 Å². The van der Waals surface area contributed by atoms with Gasteiger partial charge < -0.3 is 4.90 Å². The van der Waals surface area contributed by atoms with E-state index in [-0.39, 0.29) is 18.4 Å². The Morgan fingerprint density at radius 2 is 2.12 bits per heavy atom. The van der Waals surface area contributed by atoms with Crippen LogP contribution < -0.4 is 0 Å². The molecule has 0 saturated heterocycles. The maximum absolute atomic E-state index is 13.0. The fourth-order valence-electron chi connectivity index (χ4n) is 2.67. The lowest BCUT2D eigenvalue weighted by atomic mass is 10.2. The fraction of sp³-hybridized carbons (Fsp3) is 0.533. The molecule has 25 heavy (non-hydrogen) atoms. The lowest BCUT2D eigenvalue weighted by molar-refractivity contribution is -0.142. The summed E-state index contributed by atoms with van der Waals surface area (Å²) in [6, 6.07) is 0. The van der Waals surface area contributed by atoms with Gasteiger partial charge in [0.1, 0.15) is 6.54 Å². The molecule has 3 rings (SSSR count). The standard InChI is InChI=1S/C15H17ClF3N5O/c1-22(6-9-5-20-23(2)7-9)11(25)8-24-13(10-3-4-10)12(16)14(21-24)15(17,18)19/h5,7,10H,3-4,6,8H2,1-2H3. The first-order valence-corrected chi connectivity index (χ1v) is 8.09. The number of amides is 1. The van der Waals surface area contributed by atoms with Crippen LogP contribution in [-0.2, 0) is 31.1 Å². The third kappa shape index (κ3) is 3.81. The van der Waals surface area contributed by atoms with Crippen molar-refractivity contribution in [1.29, 1.82) is 0 Å². The Morgan fingerprint density at radius 3 is 2.64 bits per heavy atom. The zero-order chi connectivity index (χ0) is 18.4. The smallest absolute Gasteiger partial charge is 0.340 e. The summed E-state index contributed by atoms with van der Waals surface area (Å²) in [7, 11) is 3.35. The van der Waals surface area contributed by atoms with Crippen molar-refractivity contribution in [2.45, 2.75) is 38.0 Å². The molecule has 2 heterocycles. The molecule has 1 amide bonds. The number of alkyl halides is 3. The summed E-state index contributed by atoms with van der Waals surface area (Å²) >= 11 is 5.91. The van der Waals surface area contributed by atoms with Crippen molar-refractivity contribution in [2.75, 3.05) is 7.05 Å². The van der Waals surface area contributed by atoms with Crippen molar-refractivity contribution < 1.29 is 18.0 Å². The predicted molar refractivity (Wildman–Crippen MR) is 83.9 cm³/mol. The van der Waals surface area contributed by atoms with Crippen molar-refractivity contribution in [3.63, 3.8) is 0 Å². The van der Waals surface area contributed by atoms with Crippen molar-refractivity contribution in [2.24, 2.45) is 7.05 Å². The molecule has 1 aliphatic carbocycles. The first-order chi connectivity index (χ1) is 11.7. The Kier molecular flexibility index (Phi) is 4.52. The molecule has 1 saturated carbocycles. The van der Waals surface area contributed by atoms with Crippen molar-refractivity contribution in [3.05, 3.63) is 34.4 Å². The number of hydrogen-bond donors (Lipinski definition) is 0. The summed E-state index contributed by atoms with van der Waals surface area (Å²) in [6.07, 6.45) is 0.263. The van der Waals surface area contributed by atoms with Gasteiger partial charge in [-0.3, -0.25) is 14.2 Å². The van der Waals surface area contributed by atoms with E-state index in [4.69, 9.17) is 11.6 Å². The number of nitrogens with zero attached hydrogens (tertiary/aromatic N) is 5. The van der Waals surface area contributed by atoms with E-state index in [1.165, 1.54) is 4.90 Å². The third-order valence-corrected chi connectivity index (χ3v) is 4.43. The largest absolute Gasteiger partial charge is 0.436 e. The van der Waals surface area contributed by atoms with E-state index < -0.39 is 16.9 Å². The normalized spacial score (nSPS) is 14.8. The van der Waals surface area contributed by atoms with E-state index in [1.807, 2.05) is 0 Å². The van der Waals surface area contributed by atoms with Crippen molar-refractivity contribution >= 4 is 17.5 Å². The number of carbonyl (C=O) groups excluding carboxylic acids is 1. The minimum absolute atomic E-state index is 0.0625. The molecule has 6 nitrogen and oxygen atoms in total. The van der Waals surface area contributed by atoms with Crippen molar-refractivity contribution in [1.82, 2.24) is 24.5 Å². The fourth-order valence-corrected chi connectivity index (χ4v) is 3.06. The van der Waals surface area contributed by atoms with Crippen molar-refractivity contribution in [3.8, 4) is 0 Å². The molecule has 2 aromatic heterocycles. The Balaban J connectivity index is 1.78. The monoisotopic (exact) mass is 375 g/mol. The highest BCUT2D eigenvalue weighted by atomic mass is 35.5. The third-order valence-electron chi connectivity index (χ3n) is 4.05. The molecule has 1 aliphatic rings. The molecule has 0 spiro atoms. The first kappa shape index (κ1) is 17.8. The van der Waals surface area contributed by atoms with Crippen LogP contribution in [0.1, 0.15) is 35.7 Å². The molecule has 0 atom stereocenters. The number of likely N-dealkylation sites (N-methyl/N-ethyl adjacent to an activating group) is 1. The number of aryl methyl sites for hydroxylation is 1. The summed E-state index contributed by atoms with van der Waals surface area (Å²) in [4.78, 5) is 13.8. The van der Waals surface area contributed by atoms with Gasteiger partial charge in [-0.15, -0.1) is 0 Å². The molecule has 0 bridgehead atoms. The van der Waals surface area contributed by atoms with E-state index >= 15 is 0 Å². The maximum Gasteiger partial charge on any atom is 0.436 e. The van der Waals surface area contributed by atoms with Gasteiger partial charge in [0.25, 0.3) is 0 Å². The average Bonchev–Trinajstić information content (AvgIpc) is 3.17. The lowest BCUT2D eigenvalue weighted by Gasteiger charge is -2.17. The zero-order valence-electron chi connectivity index (χ0n) is 13.7. The SMILES string of the molecule is CN(Cc1cnn(C)c1)C(=O)Cn1nc(C(F)(F)F)c(Cl)c1C1CC1. The zero-order valence-corrected chi connectivity index (χ0v) is 14.5. The van der Waals surface area contributed by atoms with E-state index in [2.05, 4.69) is 10.2 Å². The minimum atomic E-state index is -4.64. The molecule has 0 unspecified atom stereocenters. The highest BCUT2D eigenvalue weighted by molar-refractivity contribution is 6.32. The van der Waals surface area contributed by atoms with Gasteiger partial charge in [0.2, 0.25) is 5.91 Å². The van der Waals surface area contributed by atoms with Crippen LogP contribution in [-0.4, -0.2) is 37.4 Å². The number of rotatable bonds is 5. The highest BCUT2D eigenvalue weighted by Gasteiger charge is 2.42.